The number of hydrogen-bond donors (Lipinski definition) is 1. The summed E-state index contributed by atoms with van der Waals surface area (Å²) in [5.41, 5.74) is 1.49. The highest BCUT2D eigenvalue weighted by Crippen LogP contribution is 2.14. The molecule has 0 aliphatic carbocycles. The van der Waals surface area contributed by atoms with Gasteiger partial charge in [0.1, 0.15) is 0 Å². The molecule has 1 nitrogen and oxygen atoms in total. The van der Waals surface area contributed by atoms with Crippen LogP contribution >= 0.6 is 0 Å². The molecule has 0 radical (unpaired) electrons. The van der Waals surface area contributed by atoms with Crippen molar-refractivity contribution in [2.24, 2.45) is 0 Å². The van der Waals surface area contributed by atoms with Crippen LogP contribution in [0, 0.1) is 0 Å². The first-order valence-electron chi connectivity index (χ1n) is 7.22. The summed E-state index contributed by atoms with van der Waals surface area (Å²) < 4.78 is 0. The van der Waals surface area contributed by atoms with Crippen LogP contribution in [0.25, 0.3) is 0 Å². The topological polar surface area (TPSA) is 12.0 Å². The summed E-state index contributed by atoms with van der Waals surface area (Å²) >= 11 is 0. The Hall–Kier alpha value is -0.820. The largest absolute Gasteiger partial charge is 0.314 e. The van der Waals surface area contributed by atoms with E-state index < -0.39 is 0 Å². The molecule has 1 fully saturated rings. The second kappa shape index (κ2) is 7.50. The summed E-state index contributed by atoms with van der Waals surface area (Å²) in [7, 11) is 0. The molecule has 0 spiro atoms. The van der Waals surface area contributed by atoms with E-state index in [4.69, 9.17) is 0 Å². The van der Waals surface area contributed by atoms with Crippen LogP contribution in [0.4, 0.5) is 0 Å². The van der Waals surface area contributed by atoms with Crippen LogP contribution in [-0.2, 0) is 6.42 Å². The minimum Gasteiger partial charge on any atom is -0.314 e. The molecule has 1 aliphatic heterocycles. The maximum atomic E-state index is 3.63. The van der Waals surface area contributed by atoms with Crippen LogP contribution in [0.1, 0.15) is 50.5 Å². The minimum absolute atomic E-state index is 0.820. The molecule has 1 heterocycles. The Kier molecular flexibility index (Phi) is 5.57. The highest BCUT2D eigenvalue weighted by Gasteiger charge is 2.11. The second-order valence-corrected chi connectivity index (χ2v) is 5.23. The first kappa shape index (κ1) is 12.6. The maximum Gasteiger partial charge on any atom is 0.00670 e. The Morgan fingerprint density at radius 1 is 1.00 bits per heavy atom. The van der Waals surface area contributed by atoms with E-state index >= 15 is 0 Å². The summed E-state index contributed by atoms with van der Waals surface area (Å²) in [6, 6.07) is 11.7. The zero-order valence-electron chi connectivity index (χ0n) is 10.8. The van der Waals surface area contributed by atoms with Gasteiger partial charge in [0.2, 0.25) is 0 Å². The summed E-state index contributed by atoms with van der Waals surface area (Å²) in [5, 5.41) is 3.63. The van der Waals surface area contributed by atoms with Crippen molar-refractivity contribution in [3.63, 3.8) is 0 Å². The van der Waals surface area contributed by atoms with Crippen molar-refractivity contribution >= 4 is 0 Å². The standard InChI is InChI=1S/C16H25N/c1-3-9-15(10-4-1)11-5-2-6-12-16-13-7-8-14-17-16/h1,3-4,9-10,16-17H,2,5-8,11-14H2. The summed E-state index contributed by atoms with van der Waals surface area (Å²) in [4.78, 5) is 0. The van der Waals surface area contributed by atoms with Gasteiger partial charge in [-0.25, -0.2) is 0 Å². The van der Waals surface area contributed by atoms with Gasteiger partial charge in [0.25, 0.3) is 0 Å². The van der Waals surface area contributed by atoms with Crippen LogP contribution in [0.3, 0.4) is 0 Å². The molecule has 0 saturated carbocycles. The third kappa shape index (κ3) is 4.91. The average molecular weight is 231 g/mol. The molecular weight excluding hydrogens is 206 g/mol. The van der Waals surface area contributed by atoms with E-state index in [2.05, 4.69) is 35.6 Å². The summed E-state index contributed by atoms with van der Waals surface area (Å²) in [6.07, 6.45) is 11.0. The third-order valence-corrected chi connectivity index (χ3v) is 3.77. The molecule has 94 valence electrons. The van der Waals surface area contributed by atoms with Crippen LogP contribution < -0.4 is 5.32 Å². The van der Waals surface area contributed by atoms with Crippen molar-refractivity contribution in [1.82, 2.24) is 5.32 Å². The molecule has 17 heavy (non-hydrogen) atoms. The summed E-state index contributed by atoms with van der Waals surface area (Å²) in [5.74, 6) is 0. The van der Waals surface area contributed by atoms with Crippen molar-refractivity contribution in [3.05, 3.63) is 35.9 Å². The van der Waals surface area contributed by atoms with E-state index in [0.717, 1.165) is 6.04 Å². The first-order valence-corrected chi connectivity index (χ1v) is 7.22. The number of hydrogen-bond acceptors (Lipinski definition) is 1. The number of benzene rings is 1. The van der Waals surface area contributed by atoms with E-state index in [1.807, 2.05) is 0 Å². The maximum absolute atomic E-state index is 3.63. The van der Waals surface area contributed by atoms with Gasteiger partial charge in [0.05, 0.1) is 0 Å². The molecule has 1 saturated heterocycles. The molecule has 1 aromatic rings. The highest BCUT2D eigenvalue weighted by molar-refractivity contribution is 5.14. The van der Waals surface area contributed by atoms with E-state index in [-0.39, 0.29) is 0 Å². The lowest BCUT2D eigenvalue weighted by molar-refractivity contribution is 0.371. The zero-order valence-corrected chi connectivity index (χ0v) is 10.8. The van der Waals surface area contributed by atoms with E-state index in [9.17, 15) is 0 Å². The molecule has 1 aliphatic rings. The average Bonchev–Trinajstić information content (AvgIpc) is 2.41. The molecule has 2 rings (SSSR count). The first-order chi connectivity index (χ1) is 8.45. The Bertz CT molecular complexity index is 288. The van der Waals surface area contributed by atoms with Crippen molar-refractivity contribution in [3.8, 4) is 0 Å². The quantitative estimate of drug-likeness (QED) is 0.731. The molecule has 0 bridgehead atoms. The normalized spacial score (nSPS) is 20.4. The smallest absolute Gasteiger partial charge is 0.00670 e. The predicted molar refractivity (Wildman–Crippen MR) is 74.3 cm³/mol. The van der Waals surface area contributed by atoms with Gasteiger partial charge >= 0.3 is 0 Å². The van der Waals surface area contributed by atoms with E-state index in [1.54, 1.807) is 0 Å². The lowest BCUT2D eigenvalue weighted by Gasteiger charge is -2.23. The van der Waals surface area contributed by atoms with Gasteiger partial charge < -0.3 is 5.32 Å². The van der Waals surface area contributed by atoms with Crippen LogP contribution in [0.2, 0.25) is 0 Å². The highest BCUT2D eigenvalue weighted by atomic mass is 14.9. The molecule has 0 amide bonds. The number of nitrogens with one attached hydrogen (secondary N) is 1. The Balaban J connectivity index is 1.51. The van der Waals surface area contributed by atoms with Gasteiger partial charge in [-0.3, -0.25) is 0 Å². The van der Waals surface area contributed by atoms with Crippen molar-refractivity contribution in [2.75, 3.05) is 6.54 Å². The third-order valence-electron chi connectivity index (χ3n) is 3.77. The predicted octanol–water partition coefficient (Wildman–Crippen LogP) is 3.93. The molecular formula is C16H25N. The molecule has 1 atom stereocenters. The lowest BCUT2D eigenvalue weighted by Crippen LogP contribution is -2.33. The van der Waals surface area contributed by atoms with E-state index in [0.29, 0.717) is 0 Å². The SMILES string of the molecule is c1ccc(CCCCCC2CCCCN2)cc1. The molecule has 1 heteroatoms. The molecule has 0 aromatic heterocycles. The van der Waals surface area contributed by atoms with Gasteiger partial charge in [0.15, 0.2) is 0 Å². The zero-order chi connectivity index (χ0) is 11.8. The van der Waals surface area contributed by atoms with Crippen molar-refractivity contribution in [2.45, 2.75) is 57.4 Å². The fourth-order valence-electron chi connectivity index (χ4n) is 2.71. The molecule has 1 N–H and O–H groups in total. The van der Waals surface area contributed by atoms with Crippen LogP contribution in [0.15, 0.2) is 30.3 Å². The van der Waals surface area contributed by atoms with Crippen molar-refractivity contribution < 1.29 is 0 Å². The van der Waals surface area contributed by atoms with Crippen molar-refractivity contribution in [1.29, 1.82) is 0 Å². The van der Waals surface area contributed by atoms with Crippen LogP contribution in [0.5, 0.6) is 0 Å². The monoisotopic (exact) mass is 231 g/mol. The van der Waals surface area contributed by atoms with Gasteiger partial charge in [-0.1, -0.05) is 49.6 Å². The van der Waals surface area contributed by atoms with Crippen LogP contribution in [-0.4, -0.2) is 12.6 Å². The Morgan fingerprint density at radius 3 is 2.65 bits per heavy atom. The second-order valence-electron chi connectivity index (χ2n) is 5.23. The fraction of sp³-hybridized carbons (Fsp3) is 0.625. The van der Waals surface area contributed by atoms with Gasteiger partial charge in [0, 0.05) is 6.04 Å². The molecule has 1 aromatic carbocycles. The number of piperidine rings is 1. The fourth-order valence-corrected chi connectivity index (χ4v) is 2.71. The van der Waals surface area contributed by atoms with Gasteiger partial charge in [-0.15, -0.1) is 0 Å². The minimum atomic E-state index is 0.820. The Morgan fingerprint density at radius 2 is 1.88 bits per heavy atom. The Labute approximate surface area is 106 Å². The molecule has 1 unspecified atom stereocenters. The van der Waals surface area contributed by atoms with E-state index in [1.165, 1.54) is 63.5 Å². The number of aryl methyl sites for hydroxylation is 1. The lowest BCUT2D eigenvalue weighted by atomic mass is 9.98. The summed E-state index contributed by atoms with van der Waals surface area (Å²) in [6.45, 7) is 1.24. The van der Waals surface area contributed by atoms with Gasteiger partial charge in [-0.05, 0) is 44.2 Å². The van der Waals surface area contributed by atoms with Gasteiger partial charge in [-0.2, -0.15) is 0 Å². The number of unbranched alkanes of at least 4 members (excludes halogenated alkanes) is 2. The number of rotatable bonds is 6.